The average Bonchev–Trinajstić information content (AvgIpc) is 3.40. The number of hydrogen-bond donors (Lipinski definition) is 12. The minimum Gasteiger partial charge on any atom is -0.368 e. The van der Waals surface area contributed by atoms with Crippen LogP contribution in [0.2, 0.25) is 5.28 Å². The van der Waals surface area contributed by atoms with Crippen molar-refractivity contribution in [3.8, 4) is 0 Å². The van der Waals surface area contributed by atoms with Crippen molar-refractivity contribution in [1.82, 2.24) is 62.8 Å². The molecule has 0 aliphatic carbocycles. The molecule has 5 rings (SSSR count). The van der Waals surface area contributed by atoms with Gasteiger partial charge in [-0.15, -0.1) is 0 Å². The zero-order valence-electron chi connectivity index (χ0n) is 42.7. The number of nitrogens with zero attached hydrogens (tertiary/aromatic N) is 3. The van der Waals surface area contributed by atoms with Crippen LogP contribution in [-0.2, 0) is 67.2 Å². The Morgan fingerprint density at radius 1 is 0.468 bits per heavy atom. The number of carbonyl (C=O) groups excluding carboxylic acids is 10. The minimum atomic E-state index is -1.26. The Kier molecular flexibility index (Phi) is 23.0. The molecule has 2 bridgehead atoms. The lowest BCUT2D eigenvalue weighted by molar-refractivity contribution is -0.134. The maximum absolute atomic E-state index is 13.8. The number of amides is 10. The number of nitrogens with one attached hydrogen (secondary N) is 11. The van der Waals surface area contributed by atoms with Crippen LogP contribution in [0.15, 0.2) is 91.0 Å². The summed E-state index contributed by atoms with van der Waals surface area (Å²) in [7, 11) is 0. The number of aromatic nitrogens is 3. The monoisotopic (exact) mass is 1080 g/mol. The Labute approximate surface area is 449 Å². The van der Waals surface area contributed by atoms with Crippen molar-refractivity contribution in [3.63, 3.8) is 0 Å². The van der Waals surface area contributed by atoms with Crippen molar-refractivity contribution < 1.29 is 47.9 Å². The fraction of sp³-hybridized carbons (Fsp3) is 0.392. The second-order valence-corrected chi connectivity index (χ2v) is 18.4. The number of halogens is 1. The molecule has 7 atom stereocenters. The van der Waals surface area contributed by atoms with Gasteiger partial charge in [0.2, 0.25) is 76.3 Å². The molecule has 25 nitrogen and oxygen atoms in total. The molecule has 410 valence electrons. The minimum absolute atomic E-state index is 0.000176. The van der Waals surface area contributed by atoms with Gasteiger partial charge in [0.05, 0.1) is 19.6 Å². The van der Waals surface area contributed by atoms with Crippen LogP contribution in [0.4, 0.5) is 11.9 Å². The van der Waals surface area contributed by atoms with Crippen molar-refractivity contribution in [1.29, 1.82) is 0 Å². The predicted octanol–water partition coefficient (Wildman–Crippen LogP) is -1.57. The second-order valence-electron chi connectivity index (χ2n) is 18.0. The molecule has 1 aliphatic rings. The molecule has 0 spiro atoms. The highest BCUT2D eigenvalue weighted by Crippen LogP contribution is 2.12. The van der Waals surface area contributed by atoms with Crippen LogP contribution in [0, 0.1) is 0 Å². The molecule has 0 saturated heterocycles. The first kappa shape index (κ1) is 59.1. The summed E-state index contributed by atoms with van der Waals surface area (Å²) in [5.41, 5.74) is 7.69. The van der Waals surface area contributed by atoms with Gasteiger partial charge in [0.25, 0.3) is 0 Å². The number of rotatable bonds is 7. The summed E-state index contributed by atoms with van der Waals surface area (Å²) in [6, 6.07) is 17.6. The third-order valence-corrected chi connectivity index (χ3v) is 12.0. The van der Waals surface area contributed by atoms with Crippen LogP contribution in [0.1, 0.15) is 56.7 Å². The molecule has 3 aromatic carbocycles. The quantitative estimate of drug-likeness (QED) is 0.0995. The molecule has 0 fully saturated rings. The summed E-state index contributed by atoms with van der Waals surface area (Å²) in [5.74, 6) is -7.64. The Bertz CT molecular complexity index is 2710. The lowest BCUT2D eigenvalue weighted by atomic mass is 10.0. The van der Waals surface area contributed by atoms with E-state index in [9.17, 15) is 47.9 Å². The standard InChI is InChI=1S/C51H64ClN15O10/c1-29-43(72)62-36(23-32-15-7-4-8-16-32)46(75)56-27-40(69)59-31(3)45(74)64-38(25-34-19-11-6-12-20-34)48(77)61-35(42(53)71)21-13-14-22-54-50-65-49(52)66-51(67-50)57-28-41(70)60-30(2)44(73)63-37(24-33-17-9-5-10-18-33)47(76)55-26-39(68)58-29/h4-12,15-20,29-31,35-38H,13-14,21-28H2,1-3H3,(H2,53,71)(H,55,76)(H,56,75)(H,58,68)(H,59,69)(H,60,70)(H,61,77)(H,62,72)(H,63,73)(H,64,74)(H2,54,57,65,66,67)/t29-,30-,31-,35-,36-,37-,38-/m0/s1. The fourth-order valence-electron chi connectivity index (χ4n) is 7.62. The topological polar surface area (TPSA) is 368 Å². The SMILES string of the molecule is C[C@@H]1NC(=O)CNC(=O)[C@H](Cc2ccccc2)NC(=O)[C@H](C)NC(=O)CNc2nc(Cl)nc(n2)NCCCC[C@@H](C(N)=O)NC(=O)[C@H](Cc2ccccc2)NC(=O)[C@H](C)NC(=O)CNC(=O)[C@H](Cc2ccccc2)NC1=O. The molecule has 1 aromatic heterocycles. The first-order valence-electron chi connectivity index (χ1n) is 24.8. The van der Waals surface area contributed by atoms with Gasteiger partial charge in [-0.05, 0) is 68.3 Å². The van der Waals surface area contributed by atoms with Crippen molar-refractivity contribution >= 4 is 82.6 Å². The third-order valence-electron chi connectivity index (χ3n) is 11.8. The number of benzene rings is 3. The normalized spacial score (nSPS) is 22.9. The lowest BCUT2D eigenvalue weighted by Gasteiger charge is -2.24. The predicted molar refractivity (Wildman–Crippen MR) is 282 cm³/mol. The highest BCUT2D eigenvalue weighted by Gasteiger charge is 2.30. The van der Waals surface area contributed by atoms with Crippen LogP contribution in [0.25, 0.3) is 0 Å². The van der Waals surface area contributed by atoms with Gasteiger partial charge in [0.15, 0.2) is 0 Å². The number of primary amides is 1. The van der Waals surface area contributed by atoms with Crippen molar-refractivity contribution in [3.05, 3.63) is 113 Å². The van der Waals surface area contributed by atoms with Crippen LogP contribution in [-0.4, -0.2) is 142 Å². The number of anilines is 2. The molecule has 10 amide bonds. The summed E-state index contributed by atoms with van der Waals surface area (Å²) < 4.78 is 0. The zero-order valence-corrected chi connectivity index (χ0v) is 43.4. The van der Waals surface area contributed by atoms with E-state index in [-0.39, 0.29) is 49.4 Å². The number of carbonyl (C=O) groups is 10. The van der Waals surface area contributed by atoms with Crippen LogP contribution < -0.4 is 64.2 Å². The number of nitrogens with two attached hydrogens (primary N) is 1. The van der Waals surface area contributed by atoms with E-state index < -0.39 is 121 Å². The average molecular weight is 1080 g/mol. The van der Waals surface area contributed by atoms with E-state index in [0.717, 1.165) is 0 Å². The molecule has 0 unspecified atom stereocenters. The Balaban J connectivity index is 1.33. The summed E-state index contributed by atoms with van der Waals surface area (Å²) in [4.78, 5) is 146. The second kappa shape index (κ2) is 30.0. The van der Waals surface area contributed by atoms with Crippen molar-refractivity contribution in [2.75, 3.05) is 36.8 Å². The highest BCUT2D eigenvalue weighted by molar-refractivity contribution is 6.28. The highest BCUT2D eigenvalue weighted by atomic mass is 35.5. The van der Waals surface area contributed by atoms with E-state index in [2.05, 4.69) is 73.4 Å². The molecule has 13 N–H and O–H groups in total. The van der Waals surface area contributed by atoms with E-state index in [4.69, 9.17) is 17.3 Å². The van der Waals surface area contributed by atoms with Gasteiger partial charge in [-0.3, -0.25) is 47.9 Å². The summed E-state index contributed by atoms with van der Waals surface area (Å²) in [5, 5.41) is 28.5. The van der Waals surface area contributed by atoms with E-state index in [1.165, 1.54) is 20.8 Å². The number of hydrogen-bond acceptors (Lipinski definition) is 15. The Hall–Kier alpha value is -8.74. The van der Waals surface area contributed by atoms with Crippen LogP contribution >= 0.6 is 11.6 Å². The van der Waals surface area contributed by atoms with E-state index in [1.54, 1.807) is 91.0 Å². The van der Waals surface area contributed by atoms with Gasteiger partial charge in [-0.2, -0.15) is 15.0 Å². The van der Waals surface area contributed by atoms with Gasteiger partial charge in [0.1, 0.15) is 42.3 Å². The smallest absolute Gasteiger partial charge is 0.243 e. The Morgan fingerprint density at radius 2 is 0.831 bits per heavy atom. The first-order valence-corrected chi connectivity index (χ1v) is 25.2. The zero-order chi connectivity index (χ0) is 55.9. The van der Waals surface area contributed by atoms with Gasteiger partial charge >= 0.3 is 0 Å². The van der Waals surface area contributed by atoms with Crippen LogP contribution in [0.3, 0.4) is 0 Å². The number of fused-ring (bicyclic) bond motifs is 2. The molecule has 77 heavy (non-hydrogen) atoms. The molecule has 2 heterocycles. The molecular weight excluding hydrogens is 1020 g/mol. The molecular formula is C51H64ClN15O10. The summed E-state index contributed by atoms with van der Waals surface area (Å²) in [6.07, 6.45) is 0.855. The van der Waals surface area contributed by atoms with E-state index in [1.807, 2.05) is 0 Å². The Morgan fingerprint density at radius 3 is 1.22 bits per heavy atom. The molecule has 0 saturated carbocycles. The van der Waals surface area contributed by atoms with Gasteiger partial charge < -0.3 is 64.2 Å². The van der Waals surface area contributed by atoms with Crippen molar-refractivity contribution in [2.45, 2.75) is 102 Å². The third kappa shape index (κ3) is 20.5. The molecule has 1 aliphatic heterocycles. The van der Waals surface area contributed by atoms with Gasteiger partial charge in [-0.1, -0.05) is 91.0 Å². The maximum Gasteiger partial charge on any atom is 0.243 e. The summed E-state index contributed by atoms with van der Waals surface area (Å²) in [6.45, 7) is 2.72. The molecule has 4 aromatic rings. The van der Waals surface area contributed by atoms with Crippen molar-refractivity contribution in [2.24, 2.45) is 5.73 Å². The molecule has 26 heteroatoms. The van der Waals surface area contributed by atoms with Gasteiger partial charge in [-0.25, -0.2) is 0 Å². The molecule has 0 radical (unpaired) electrons. The van der Waals surface area contributed by atoms with E-state index in [0.29, 0.717) is 29.5 Å². The largest absolute Gasteiger partial charge is 0.368 e. The van der Waals surface area contributed by atoms with Gasteiger partial charge in [0, 0.05) is 25.8 Å². The maximum atomic E-state index is 13.8. The first-order chi connectivity index (χ1) is 36.8. The van der Waals surface area contributed by atoms with E-state index >= 15 is 0 Å². The lowest BCUT2D eigenvalue weighted by Crippen LogP contribution is -2.57. The van der Waals surface area contributed by atoms with Crippen LogP contribution in [0.5, 0.6) is 0 Å². The summed E-state index contributed by atoms with van der Waals surface area (Å²) >= 11 is 6.15. The fourth-order valence-corrected chi connectivity index (χ4v) is 7.78.